The van der Waals surface area contributed by atoms with E-state index in [0.29, 0.717) is 18.2 Å². The van der Waals surface area contributed by atoms with E-state index in [1.165, 1.54) is 29.5 Å². The summed E-state index contributed by atoms with van der Waals surface area (Å²) in [6, 6.07) is 20.4. The van der Waals surface area contributed by atoms with E-state index in [1.54, 1.807) is 0 Å². The van der Waals surface area contributed by atoms with Gasteiger partial charge < -0.3 is 4.74 Å². The number of terminal acetylenes is 1. The lowest BCUT2D eigenvalue weighted by Crippen LogP contribution is -2.45. The molecule has 2 bridgehead atoms. The number of benzene rings is 2. The largest absolute Gasteiger partial charge is 0.365 e. The second-order valence-corrected chi connectivity index (χ2v) is 7.64. The fourth-order valence-corrected chi connectivity index (χ4v) is 4.73. The van der Waals surface area contributed by atoms with Crippen molar-refractivity contribution in [3.63, 3.8) is 0 Å². The molecule has 0 radical (unpaired) electrons. The smallest absolute Gasteiger partial charge is 0.108 e. The molecule has 2 aromatic rings. The topological polar surface area (TPSA) is 12.5 Å². The van der Waals surface area contributed by atoms with Gasteiger partial charge in [-0.3, -0.25) is 4.90 Å². The Morgan fingerprint density at radius 1 is 1.04 bits per heavy atom. The minimum absolute atomic E-state index is 0.000911. The van der Waals surface area contributed by atoms with Crippen LogP contribution in [0.4, 0.5) is 0 Å². The van der Waals surface area contributed by atoms with E-state index in [0.717, 1.165) is 19.4 Å². The average molecular weight is 345 g/mol. The number of ether oxygens (including phenoxy) is 1. The summed E-state index contributed by atoms with van der Waals surface area (Å²) in [7, 11) is 0. The molecule has 2 saturated heterocycles. The van der Waals surface area contributed by atoms with E-state index in [-0.39, 0.29) is 6.10 Å². The summed E-state index contributed by atoms with van der Waals surface area (Å²) in [4.78, 5) is 2.52. The highest BCUT2D eigenvalue weighted by Gasteiger charge is 2.41. The van der Waals surface area contributed by atoms with Crippen LogP contribution < -0.4 is 0 Å². The SMILES string of the molecule is C#CCN1[C@@H]2CC[C@H]1CC(OC(c1ccccc1)c1ccccc1C)C2. The minimum Gasteiger partial charge on any atom is -0.365 e. The number of piperidine rings is 1. The Morgan fingerprint density at radius 3 is 2.35 bits per heavy atom. The molecule has 2 fully saturated rings. The number of hydrogen-bond acceptors (Lipinski definition) is 2. The molecular weight excluding hydrogens is 318 g/mol. The van der Waals surface area contributed by atoms with E-state index >= 15 is 0 Å². The molecule has 2 aliphatic heterocycles. The van der Waals surface area contributed by atoms with Crippen LogP contribution in [-0.4, -0.2) is 29.6 Å². The van der Waals surface area contributed by atoms with Crippen molar-refractivity contribution in [2.75, 3.05) is 6.54 Å². The first kappa shape index (κ1) is 17.3. The average Bonchev–Trinajstić information content (AvgIpc) is 2.90. The Balaban J connectivity index is 1.57. The molecule has 0 spiro atoms. The Kier molecular flexibility index (Phi) is 5.11. The Morgan fingerprint density at radius 2 is 1.69 bits per heavy atom. The van der Waals surface area contributed by atoms with Gasteiger partial charge in [0.15, 0.2) is 0 Å². The summed E-state index contributed by atoms with van der Waals surface area (Å²) in [6.07, 6.45) is 10.6. The lowest BCUT2D eigenvalue weighted by atomic mass is 9.95. The minimum atomic E-state index is 0.000911. The normalized spacial score (nSPS) is 26.4. The van der Waals surface area contributed by atoms with Crippen molar-refractivity contribution in [3.8, 4) is 12.3 Å². The number of rotatable bonds is 5. The van der Waals surface area contributed by atoms with Gasteiger partial charge >= 0.3 is 0 Å². The Bertz CT molecular complexity index is 764. The molecule has 0 aliphatic carbocycles. The summed E-state index contributed by atoms with van der Waals surface area (Å²) in [5.41, 5.74) is 3.80. The highest BCUT2D eigenvalue weighted by atomic mass is 16.5. The van der Waals surface area contributed by atoms with E-state index in [1.807, 2.05) is 0 Å². The molecule has 0 amide bonds. The molecular formula is C24H27NO. The van der Waals surface area contributed by atoms with Crippen molar-refractivity contribution in [3.05, 3.63) is 71.3 Å². The molecule has 0 saturated carbocycles. The van der Waals surface area contributed by atoms with Gasteiger partial charge in [-0.15, -0.1) is 6.42 Å². The highest BCUT2D eigenvalue weighted by molar-refractivity contribution is 5.35. The van der Waals surface area contributed by atoms with Gasteiger partial charge in [-0.2, -0.15) is 0 Å². The van der Waals surface area contributed by atoms with Crippen molar-refractivity contribution in [1.29, 1.82) is 0 Å². The van der Waals surface area contributed by atoms with Gasteiger partial charge in [0.1, 0.15) is 6.10 Å². The van der Waals surface area contributed by atoms with Crippen LogP contribution in [0.25, 0.3) is 0 Å². The van der Waals surface area contributed by atoms with Gasteiger partial charge in [-0.25, -0.2) is 0 Å². The lowest BCUT2D eigenvalue weighted by Gasteiger charge is -2.39. The maximum Gasteiger partial charge on any atom is 0.108 e. The van der Waals surface area contributed by atoms with E-state index in [9.17, 15) is 0 Å². The number of fused-ring (bicyclic) bond motifs is 2. The van der Waals surface area contributed by atoms with Crippen LogP contribution in [0.5, 0.6) is 0 Å². The molecule has 0 N–H and O–H groups in total. The quantitative estimate of drug-likeness (QED) is 0.727. The number of nitrogens with zero attached hydrogens (tertiary/aromatic N) is 1. The second kappa shape index (κ2) is 7.66. The second-order valence-electron chi connectivity index (χ2n) is 7.64. The maximum absolute atomic E-state index is 6.77. The van der Waals surface area contributed by atoms with Crippen molar-refractivity contribution in [2.24, 2.45) is 0 Å². The number of aryl methyl sites for hydroxylation is 1. The van der Waals surface area contributed by atoms with Crippen molar-refractivity contribution in [2.45, 2.75) is 56.9 Å². The summed E-state index contributed by atoms with van der Waals surface area (Å²) < 4.78 is 6.77. The number of hydrogen-bond donors (Lipinski definition) is 0. The third kappa shape index (κ3) is 3.43. The molecule has 2 heteroatoms. The van der Waals surface area contributed by atoms with Gasteiger partial charge in [0, 0.05) is 12.1 Å². The molecule has 2 aliphatic rings. The zero-order valence-corrected chi connectivity index (χ0v) is 15.5. The third-order valence-corrected chi connectivity index (χ3v) is 6.02. The van der Waals surface area contributed by atoms with Crippen LogP contribution in [0.15, 0.2) is 54.6 Å². The zero-order valence-electron chi connectivity index (χ0n) is 15.5. The molecule has 2 nitrogen and oxygen atoms in total. The predicted molar refractivity (Wildman–Crippen MR) is 106 cm³/mol. The monoisotopic (exact) mass is 345 g/mol. The van der Waals surface area contributed by atoms with Crippen LogP contribution >= 0.6 is 0 Å². The Hall–Kier alpha value is -2.08. The van der Waals surface area contributed by atoms with Gasteiger partial charge in [-0.1, -0.05) is 60.5 Å². The van der Waals surface area contributed by atoms with E-state index in [4.69, 9.17) is 11.2 Å². The van der Waals surface area contributed by atoms with Crippen LogP contribution in [-0.2, 0) is 4.74 Å². The summed E-state index contributed by atoms with van der Waals surface area (Å²) in [5, 5.41) is 0. The van der Waals surface area contributed by atoms with Gasteiger partial charge in [-0.05, 0) is 49.3 Å². The molecule has 2 heterocycles. The van der Waals surface area contributed by atoms with Crippen LogP contribution in [0, 0.1) is 19.3 Å². The maximum atomic E-state index is 6.77. The van der Waals surface area contributed by atoms with Crippen LogP contribution in [0.3, 0.4) is 0 Å². The molecule has 0 aromatic heterocycles. The first-order valence-electron chi connectivity index (χ1n) is 9.71. The Labute approximate surface area is 157 Å². The zero-order chi connectivity index (χ0) is 17.9. The molecule has 26 heavy (non-hydrogen) atoms. The van der Waals surface area contributed by atoms with Gasteiger partial charge in [0.25, 0.3) is 0 Å². The van der Waals surface area contributed by atoms with E-state index < -0.39 is 0 Å². The molecule has 2 unspecified atom stereocenters. The van der Waals surface area contributed by atoms with Crippen LogP contribution in [0.1, 0.15) is 48.5 Å². The van der Waals surface area contributed by atoms with Crippen molar-refractivity contribution in [1.82, 2.24) is 4.90 Å². The first-order valence-corrected chi connectivity index (χ1v) is 9.71. The predicted octanol–water partition coefficient (Wildman–Crippen LogP) is 4.73. The molecule has 2 aromatic carbocycles. The van der Waals surface area contributed by atoms with Crippen LogP contribution in [0.2, 0.25) is 0 Å². The summed E-state index contributed by atoms with van der Waals surface area (Å²) in [5.74, 6) is 2.84. The molecule has 4 rings (SSSR count). The van der Waals surface area contributed by atoms with Gasteiger partial charge in [0.05, 0.1) is 12.6 Å². The van der Waals surface area contributed by atoms with E-state index in [2.05, 4.69) is 72.3 Å². The third-order valence-electron chi connectivity index (χ3n) is 6.02. The molecule has 4 atom stereocenters. The van der Waals surface area contributed by atoms with Crippen molar-refractivity contribution >= 4 is 0 Å². The van der Waals surface area contributed by atoms with Crippen molar-refractivity contribution < 1.29 is 4.74 Å². The standard InChI is InChI=1S/C24H27NO/c1-3-15-25-20-13-14-21(25)17-22(16-20)26-24(19-10-5-4-6-11-19)23-12-8-7-9-18(23)2/h1,4-12,20-22,24H,13-17H2,2H3/t20-,21+,22?,24?. The fourth-order valence-electron chi connectivity index (χ4n) is 4.73. The first-order chi connectivity index (χ1) is 12.8. The fraction of sp³-hybridized carbons (Fsp3) is 0.417. The summed E-state index contributed by atoms with van der Waals surface area (Å²) >= 11 is 0. The van der Waals surface area contributed by atoms with Gasteiger partial charge in [0.2, 0.25) is 0 Å². The highest BCUT2D eigenvalue weighted by Crippen LogP contribution is 2.39. The lowest BCUT2D eigenvalue weighted by molar-refractivity contribution is -0.0455. The molecule has 134 valence electrons. The summed E-state index contributed by atoms with van der Waals surface area (Å²) in [6.45, 7) is 2.95.